The van der Waals surface area contributed by atoms with Gasteiger partial charge in [-0.3, -0.25) is 4.79 Å². The average molecular weight is 278 g/mol. The third kappa shape index (κ3) is 6.31. The molecule has 112 valence electrons. The number of hydrogen-bond donors (Lipinski definition) is 0. The Hall–Kier alpha value is -1.19. The van der Waals surface area contributed by atoms with E-state index in [0.29, 0.717) is 26.2 Å². The zero-order chi connectivity index (χ0) is 14.8. The van der Waals surface area contributed by atoms with Crippen molar-refractivity contribution in [2.75, 3.05) is 20.3 Å². The molecule has 2 atom stereocenters. The Morgan fingerprint density at radius 2 is 1.90 bits per heavy atom. The Kier molecular flexibility index (Phi) is 8.16. The van der Waals surface area contributed by atoms with Gasteiger partial charge >= 0.3 is 0 Å². The lowest BCUT2D eigenvalue weighted by Crippen LogP contribution is -2.22. The minimum absolute atomic E-state index is 0.0246. The lowest BCUT2D eigenvalue weighted by molar-refractivity contribution is -0.125. The predicted octanol–water partition coefficient (Wildman–Crippen LogP) is 3.47. The quantitative estimate of drug-likeness (QED) is 0.657. The largest absolute Gasteiger partial charge is 0.384 e. The third-order valence-corrected chi connectivity index (χ3v) is 3.38. The summed E-state index contributed by atoms with van der Waals surface area (Å²) in [6.45, 7) is 5.83. The highest BCUT2D eigenvalue weighted by Crippen LogP contribution is 2.13. The summed E-state index contributed by atoms with van der Waals surface area (Å²) in [5.74, 6) is 0.554. The van der Waals surface area contributed by atoms with Gasteiger partial charge in [-0.2, -0.15) is 0 Å². The van der Waals surface area contributed by atoms with Crippen molar-refractivity contribution >= 4 is 5.78 Å². The summed E-state index contributed by atoms with van der Waals surface area (Å²) in [4.78, 5) is 12.1. The first-order valence-corrected chi connectivity index (χ1v) is 7.30. The maximum absolute atomic E-state index is 12.1. The summed E-state index contributed by atoms with van der Waals surface area (Å²) >= 11 is 0. The molecular weight excluding hydrogens is 252 g/mol. The van der Waals surface area contributed by atoms with Gasteiger partial charge in [-0.1, -0.05) is 44.2 Å². The standard InChI is InChI=1S/C17H26O3/c1-4-16(13-19-3)17(18)10-14(2)11-20-12-15-8-6-5-7-9-15/h5-9,14,16H,4,10-13H2,1-3H3/t14-,16?/m1/s1. The molecule has 20 heavy (non-hydrogen) atoms. The second-order valence-corrected chi connectivity index (χ2v) is 5.34. The van der Waals surface area contributed by atoms with Crippen LogP contribution in [0.2, 0.25) is 0 Å². The highest BCUT2D eigenvalue weighted by molar-refractivity contribution is 5.81. The molecule has 0 aromatic heterocycles. The maximum atomic E-state index is 12.1. The Bertz CT molecular complexity index is 375. The minimum atomic E-state index is 0.0246. The van der Waals surface area contributed by atoms with Crippen LogP contribution >= 0.6 is 0 Å². The van der Waals surface area contributed by atoms with Gasteiger partial charge in [0.1, 0.15) is 5.78 Å². The van der Waals surface area contributed by atoms with Gasteiger partial charge < -0.3 is 9.47 Å². The normalized spacial score (nSPS) is 13.9. The van der Waals surface area contributed by atoms with Crippen molar-refractivity contribution < 1.29 is 14.3 Å². The van der Waals surface area contributed by atoms with E-state index in [-0.39, 0.29) is 17.6 Å². The maximum Gasteiger partial charge on any atom is 0.138 e. The zero-order valence-corrected chi connectivity index (χ0v) is 12.8. The van der Waals surface area contributed by atoms with Crippen molar-refractivity contribution in [1.82, 2.24) is 0 Å². The summed E-state index contributed by atoms with van der Waals surface area (Å²) in [7, 11) is 1.64. The van der Waals surface area contributed by atoms with E-state index in [1.54, 1.807) is 7.11 Å². The number of ether oxygens (including phenoxy) is 2. The number of carbonyl (C=O) groups excluding carboxylic acids is 1. The Balaban J connectivity index is 2.25. The van der Waals surface area contributed by atoms with E-state index in [1.807, 2.05) is 37.3 Å². The van der Waals surface area contributed by atoms with Gasteiger partial charge in [-0.25, -0.2) is 0 Å². The van der Waals surface area contributed by atoms with E-state index in [9.17, 15) is 4.79 Å². The molecule has 3 nitrogen and oxygen atoms in total. The van der Waals surface area contributed by atoms with Crippen molar-refractivity contribution in [3.05, 3.63) is 35.9 Å². The van der Waals surface area contributed by atoms with Crippen molar-refractivity contribution in [3.63, 3.8) is 0 Å². The summed E-state index contributed by atoms with van der Waals surface area (Å²) in [6, 6.07) is 10.1. The van der Waals surface area contributed by atoms with Crippen LogP contribution in [0.1, 0.15) is 32.3 Å². The number of methoxy groups -OCH3 is 1. The van der Waals surface area contributed by atoms with Gasteiger partial charge in [0.25, 0.3) is 0 Å². The number of carbonyl (C=O) groups is 1. The first-order chi connectivity index (χ1) is 9.67. The summed E-state index contributed by atoms with van der Waals surface area (Å²) in [5.41, 5.74) is 1.16. The molecule has 1 unspecified atom stereocenters. The highest BCUT2D eigenvalue weighted by Gasteiger charge is 2.18. The van der Waals surface area contributed by atoms with E-state index >= 15 is 0 Å². The summed E-state index contributed by atoms with van der Waals surface area (Å²) < 4.78 is 10.8. The molecule has 1 aromatic carbocycles. The van der Waals surface area contributed by atoms with Crippen LogP contribution in [-0.2, 0) is 20.9 Å². The summed E-state index contributed by atoms with van der Waals surface area (Å²) in [6.07, 6.45) is 1.40. The summed E-state index contributed by atoms with van der Waals surface area (Å²) in [5, 5.41) is 0. The molecule has 1 aromatic rings. The molecule has 0 aliphatic heterocycles. The Morgan fingerprint density at radius 1 is 1.20 bits per heavy atom. The molecule has 3 heteroatoms. The predicted molar refractivity (Wildman–Crippen MR) is 80.5 cm³/mol. The number of ketones is 1. The average Bonchev–Trinajstić information content (AvgIpc) is 2.45. The van der Waals surface area contributed by atoms with Crippen LogP contribution < -0.4 is 0 Å². The fourth-order valence-electron chi connectivity index (χ4n) is 2.16. The second kappa shape index (κ2) is 9.67. The molecule has 0 radical (unpaired) electrons. The molecule has 0 saturated heterocycles. The smallest absolute Gasteiger partial charge is 0.138 e. The van der Waals surface area contributed by atoms with Crippen LogP contribution in [0.15, 0.2) is 30.3 Å². The first-order valence-electron chi connectivity index (χ1n) is 7.30. The van der Waals surface area contributed by atoms with Crippen molar-refractivity contribution in [1.29, 1.82) is 0 Å². The van der Waals surface area contributed by atoms with E-state index in [4.69, 9.17) is 9.47 Å². The molecule has 0 aliphatic rings. The number of rotatable bonds is 10. The van der Waals surface area contributed by atoms with Gasteiger partial charge in [0.15, 0.2) is 0 Å². The second-order valence-electron chi connectivity index (χ2n) is 5.34. The van der Waals surface area contributed by atoms with Crippen LogP contribution in [0.3, 0.4) is 0 Å². The number of hydrogen-bond acceptors (Lipinski definition) is 3. The van der Waals surface area contributed by atoms with Crippen molar-refractivity contribution in [2.45, 2.75) is 33.3 Å². The lowest BCUT2D eigenvalue weighted by Gasteiger charge is -2.16. The molecule has 0 amide bonds. The monoisotopic (exact) mass is 278 g/mol. The van der Waals surface area contributed by atoms with Crippen molar-refractivity contribution in [2.24, 2.45) is 11.8 Å². The number of Topliss-reactive ketones (excluding diaryl/α,β-unsaturated/α-hetero) is 1. The van der Waals surface area contributed by atoms with Crippen LogP contribution in [0.5, 0.6) is 0 Å². The Morgan fingerprint density at radius 3 is 2.50 bits per heavy atom. The highest BCUT2D eigenvalue weighted by atomic mass is 16.5. The zero-order valence-electron chi connectivity index (χ0n) is 12.8. The van der Waals surface area contributed by atoms with Gasteiger partial charge in [-0.15, -0.1) is 0 Å². The molecule has 0 N–H and O–H groups in total. The molecular formula is C17H26O3. The van der Waals surface area contributed by atoms with E-state index in [2.05, 4.69) is 6.92 Å². The van der Waals surface area contributed by atoms with Crippen LogP contribution in [0.25, 0.3) is 0 Å². The molecule has 0 fully saturated rings. The van der Waals surface area contributed by atoms with Gasteiger partial charge in [0.2, 0.25) is 0 Å². The van der Waals surface area contributed by atoms with E-state index in [0.717, 1.165) is 12.0 Å². The van der Waals surface area contributed by atoms with E-state index < -0.39 is 0 Å². The molecule has 0 heterocycles. The van der Waals surface area contributed by atoms with Gasteiger partial charge in [0.05, 0.1) is 13.2 Å². The fourth-order valence-corrected chi connectivity index (χ4v) is 2.16. The molecule has 0 aliphatic carbocycles. The van der Waals surface area contributed by atoms with Gasteiger partial charge in [0, 0.05) is 26.1 Å². The van der Waals surface area contributed by atoms with E-state index in [1.165, 1.54) is 0 Å². The number of benzene rings is 1. The molecule has 1 rings (SSSR count). The molecule has 0 spiro atoms. The molecule has 0 bridgehead atoms. The molecule has 0 saturated carbocycles. The lowest BCUT2D eigenvalue weighted by atomic mass is 9.94. The minimum Gasteiger partial charge on any atom is -0.384 e. The van der Waals surface area contributed by atoms with Gasteiger partial charge in [-0.05, 0) is 17.9 Å². The third-order valence-electron chi connectivity index (χ3n) is 3.38. The topological polar surface area (TPSA) is 35.5 Å². The SMILES string of the molecule is CCC(COC)C(=O)C[C@@H](C)COCc1ccccc1. The Labute approximate surface area is 122 Å². The van der Waals surface area contributed by atoms with Crippen LogP contribution in [-0.4, -0.2) is 26.1 Å². The van der Waals surface area contributed by atoms with Crippen LogP contribution in [0.4, 0.5) is 0 Å². The fraction of sp³-hybridized carbons (Fsp3) is 0.588. The first kappa shape index (κ1) is 16.9. The van der Waals surface area contributed by atoms with Crippen molar-refractivity contribution in [3.8, 4) is 0 Å². The van der Waals surface area contributed by atoms with Crippen LogP contribution in [0, 0.1) is 11.8 Å².